The van der Waals surface area contributed by atoms with E-state index in [0.29, 0.717) is 23.7 Å². The fraction of sp³-hybridized carbons (Fsp3) is 0.571. The second-order valence-electron chi connectivity index (χ2n) is 15.8. The first-order valence-electron chi connectivity index (χ1n) is 18.5. The Morgan fingerprint density at radius 1 is 0.533 bits per heavy atom. The van der Waals surface area contributed by atoms with E-state index < -0.39 is 0 Å². The lowest BCUT2D eigenvalue weighted by Gasteiger charge is -2.35. The summed E-state index contributed by atoms with van der Waals surface area (Å²) in [5.74, 6) is 2.80. The van der Waals surface area contributed by atoms with Gasteiger partial charge in [-0.1, -0.05) is 75.4 Å². The van der Waals surface area contributed by atoms with Crippen LogP contribution in [-0.2, 0) is 58.2 Å². The summed E-state index contributed by atoms with van der Waals surface area (Å²) in [5.41, 5.74) is 14.7. The lowest BCUT2D eigenvalue weighted by atomic mass is 9.70. The van der Waals surface area contributed by atoms with Crippen LogP contribution in [0.25, 0.3) is 0 Å². The van der Waals surface area contributed by atoms with Gasteiger partial charge < -0.3 is 14.7 Å². The zero-order valence-corrected chi connectivity index (χ0v) is 29.4. The molecule has 0 fully saturated rings. The van der Waals surface area contributed by atoms with Gasteiger partial charge in [0.05, 0.1) is 40.8 Å². The molecule has 0 aliphatic carbocycles. The van der Waals surface area contributed by atoms with Crippen LogP contribution < -0.4 is 14.7 Å². The zero-order valence-electron chi connectivity index (χ0n) is 29.4. The van der Waals surface area contributed by atoms with E-state index >= 15 is 0 Å². The molecule has 7 unspecified atom stereocenters. The summed E-state index contributed by atoms with van der Waals surface area (Å²) < 4.78 is 0. The van der Waals surface area contributed by atoms with Crippen molar-refractivity contribution in [1.82, 2.24) is 0 Å². The minimum atomic E-state index is 0.695. The van der Waals surface area contributed by atoms with Gasteiger partial charge in [0.2, 0.25) is 0 Å². The van der Waals surface area contributed by atoms with Crippen LogP contribution in [0.2, 0.25) is 0 Å². The lowest BCUT2D eigenvalue weighted by molar-refractivity contribution is -0.895. The van der Waals surface area contributed by atoms with E-state index in [-0.39, 0.29) is 0 Å². The maximum Gasteiger partial charge on any atom is 0.103 e. The van der Waals surface area contributed by atoms with Gasteiger partial charge in [-0.3, -0.25) is 0 Å². The van der Waals surface area contributed by atoms with Crippen LogP contribution in [0.3, 0.4) is 0 Å². The molecule has 0 saturated carbocycles. The second-order valence-corrected chi connectivity index (χ2v) is 15.8. The smallest absolute Gasteiger partial charge is 0.103 e. The fourth-order valence-corrected chi connectivity index (χ4v) is 9.19. The van der Waals surface area contributed by atoms with E-state index in [1.807, 2.05) is 0 Å². The molecule has 0 radical (unpaired) electrons. The number of aryl methyl sites for hydroxylation is 2. The van der Waals surface area contributed by atoms with Crippen molar-refractivity contribution in [2.24, 2.45) is 23.7 Å². The van der Waals surface area contributed by atoms with Crippen LogP contribution in [0, 0.1) is 23.7 Å². The highest BCUT2D eigenvalue weighted by molar-refractivity contribution is 5.38. The molecule has 242 valence electrons. The number of rotatable bonds is 11. The van der Waals surface area contributed by atoms with E-state index in [0.717, 1.165) is 0 Å². The first kappa shape index (κ1) is 32.5. The van der Waals surface area contributed by atoms with Crippen LogP contribution in [0.5, 0.6) is 0 Å². The Labute approximate surface area is 275 Å². The summed E-state index contributed by atoms with van der Waals surface area (Å²) in [6.45, 7) is 15.2. The van der Waals surface area contributed by atoms with E-state index in [4.69, 9.17) is 0 Å². The molecule has 3 heterocycles. The van der Waals surface area contributed by atoms with Gasteiger partial charge in [-0.2, -0.15) is 0 Å². The van der Waals surface area contributed by atoms with Crippen LogP contribution in [0.4, 0.5) is 0 Å². The number of fused-ring (bicyclic) bond motifs is 3. The van der Waals surface area contributed by atoms with Gasteiger partial charge in [0.25, 0.3) is 0 Å². The average Bonchev–Trinajstić information content (AvgIpc) is 3.04. The number of benzene rings is 3. The van der Waals surface area contributed by atoms with Gasteiger partial charge in [0.1, 0.15) is 19.6 Å². The number of hydrogen-bond acceptors (Lipinski definition) is 0. The van der Waals surface area contributed by atoms with Gasteiger partial charge >= 0.3 is 0 Å². The Morgan fingerprint density at radius 3 is 1.62 bits per heavy atom. The molecule has 3 aromatic rings. The van der Waals surface area contributed by atoms with E-state index in [1.54, 1.807) is 64.8 Å². The van der Waals surface area contributed by atoms with Gasteiger partial charge in [-0.25, -0.2) is 0 Å². The average molecular weight is 609 g/mol. The van der Waals surface area contributed by atoms with Crippen molar-refractivity contribution in [2.75, 3.05) is 40.8 Å². The molecule has 0 bridgehead atoms. The molecule has 3 aliphatic rings. The van der Waals surface area contributed by atoms with Crippen LogP contribution >= 0.6 is 0 Å². The summed E-state index contributed by atoms with van der Waals surface area (Å²) in [6, 6.07) is 21.6. The molecule has 3 N–H and O–H groups in total. The quantitative estimate of drug-likeness (QED) is 0.294. The highest BCUT2D eigenvalue weighted by Gasteiger charge is 2.31. The molecule has 45 heavy (non-hydrogen) atoms. The molecule has 3 heteroatoms. The van der Waals surface area contributed by atoms with Gasteiger partial charge in [-0.05, 0) is 89.2 Å². The van der Waals surface area contributed by atoms with Crippen LogP contribution in [0.15, 0.2) is 54.6 Å². The topological polar surface area (TPSA) is 13.3 Å². The SMILES string of the molecule is CC(CCc1cccc2c1C[NH+](C)CC2)C(C)C(Cc1cccc2c1CC[NH+](C)C2)C(C)CCc1cccc2c1C[NH+](C)CC2. The van der Waals surface area contributed by atoms with Crippen molar-refractivity contribution in [1.29, 1.82) is 0 Å². The molecule has 3 aromatic carbocycles. The molecule has 3 aliphatic heterocycles. The number of likely N-dealkylation sites (N-methyl/N-ethyl adjacent to an activating group) is 3. The van der Waals surface area contributed by atoms with E-state index in [1.165, 1.54) is 90.6 Å². The number of quaternary nitrogens is 3. The Bertz CT molecular complexity index is 1440. The third kappa shape index (κ3) is 7.58. The molecule has 7 atom stereocenters. The highest BCUT2D eigenvalue weighted by Crippen LogP contribution is 2.37. The van der Waals surface area contributed by atoms with E-state index in [2.05, 4.69) is 96.5 Å². The van der Waals surface area contributed by atoms with Gasteiger partial charge in [-0.15, -0.1) is 0 Å². The Balaban J connectivity index is 1.20. The van der Waals surface area contributed by atoms with Crippen molar-refractivity contribution in [2.45, 2.75) is 91.8 Å². The molecule has 6 rings (SSSR count). The maximum absolute atomic E-state index is 2.61. The highest BCUT2D eigenvalue weighted by atomic mass is 15.1. The van der Waals surface area contributed by atoms with Crippen molar-refractivity contribution in [3.05, 3.63) is 105 Å². The normalized spacial score (nSPS) is 23.7. The molecular weight excluding hydrogens is 546 g/mol. The van der Waals surface area contributed by atoms with Crippen molar-refractivity contribution in [3.8, 4) is 0 Å². The Kier molecular flexibility index (Phi) is 10.5. The fourth-order valence-electron chi connectivity index (χ4n) is 9.19. The summed E-state index contributed by atoms with van der Waals surface area (Å²) in [5, 5.41) is 0. The largest absolute Gasteiger partial charge is 0.333 e. The molecule has 0 aromatic heterocycles. The Morgan fingerprint density at radius 2 is 1.02 bits per heavy atom. The predicted octanol–water partition coefficient (Wildman–Crippen LogP) is 3.73. The standard InChI is InChI=1S/C42H59N3/c1-30(16-18-33-10-7-12-35-20-23-44(5)28-41(33)35)32(3)40(26-37-14-9-15-38-27-43(4)25-22-39(37)38)31(2)17-19-34-11-8-13-36-21-24-45(6)29-42(34)36/h7-15,30-32,40H,16-29H2,1-6H3/p+3. The third-order valence-electron chi connectivity index (χ3n) is 12.5. The summed E-state index contributed by atoms with van der Waals surface area (Å²) in [6.07, 6.45) is 9.99. The van der Waals surface area contributed by atoms with Crippen molar-refractivity contribution < 1.29 is 14.7 Å². The third-order valence-corrected chi connectivity index (χ3v) is 12.5. The Hall–Kier alpha value is -2.46. The molecule has 0 amide bonds. The lowest BCUT2D eigenvalue weighted by Crippen LogP contribution is -3.08. The van der Waals surface area contributed by atoms with Crippen molar-refractivity contribution in [3.63, 3.8) is 0 Å². The number of nitrogens with one attached hydrogen (secondary N) is 3. The minimum absolute atomic E-state index is 0.695. The monoisotopic (exact) mass is 608 g/mol. The van der Waals surface area contributed by atoms with Crippen LogP contribution in [-0.4, -0.2) is 40.8 Å². The molecule has 3 nitrogen and oxygen atoms in total. The first-order chi connectivity index (χ1) is 21.8. The predicted molar refractivity (Wildman–Crippen MR) is 188 cm³/mol. The van der Waals surface area contributed by atoms with Gasteiger partial charge in [0, 0.05) is 36.0 Å². The zero-order chi connectivity index (χ0) is 31.5. The second kappa shape index (κ2) is 14.5. The summed E-state index contributed by atoms with van der Waals surface area (Å²) in [7, 11) is 7.09. The maximum atomic E-state index is 2.61. The van der Waals surface area contributed by atoms with Gasteiger partial charge in [0.15, 0.2) is 0 Å². The van der Waals surface area contributed by atoms with E-state index in [9.17, 15) is 0 Å². The minimum Gasteiger partial charge on any atom is -0.333 e. The molecule has 0 spiro atoms. The van der Waals surface area contributed by atoms with Crippen molar-refractivity contribution >= 4 is 0 Å². The summed E-state index contributed by atoms with van der Waals surface area (Å²) in [4.78, 5) is 4.98. The first-order valence-corrected chi connectivity index (χ1v) is 18.5. The molecule has 0 saturated heterocycles. The summed E-state index contributed by atoms with van der Waals surface area (Å²) >= 11 is 0. The number of hydrogen-bond donors (Lipinski definition) is 3. The molecular formula is C42H62N3+3. The van der Waals surface area contributed by atoms with Crippen LogP contribution in [0.1, 0.15) is 83.7 Å².